The number of unbranched alkanes of at least 4 members (excludes halogenated alkanes) is 5. The van der Waals surface area contributed by atoms with Gasteiger partial charge in [-0.25, -0.2) is 14.5 Å². The molecule has 2 amide bonds. The standard InChI is InChI=1S/C16H29NO4/c1-5-6-7-8-9-10-11-13-12-20-14(18)17(13)15(19)21-16(2,3)4/h13H,5-12H2,1-4H3. The number of hydrogen-bond donors (Lipinski definition) is 0. The van der Waals surface area contributed by atoms with E-state index in [-0.39, 0.29) is 12.6 Å². The molecular weight excluding hydrogens is 270 g/mol. The lowest BCUT2D eigenvalue weighted by atomic mass is 10.1. The summed E-state index contributed by atoms with van der Waals surface area (Å²) in [6.45, 7) is 7.84. The van der Waals surface area contributed by atoms with E-state index in [4.69, 9.17) is 9.47 Å². The first kappa shape index (κ1) is 17.8. The van der Waals surface area contributed by atoms with Crippen molar-refractivity contribution in [1.82, 2.24) is 4.90 Å². The molecular formula is C16H29NO4. The number of nitrogens with zero attached hydrogens (tertiary/aromatic N) is 1. The topological polar surface area (TPSA) is 55.8 Å². The third kappa shape index (κ3) is 6.36. The van der Waals surface area contributed by atoms with Crippen LogP contribution in [0.1, 0.15) is 72.6 Å². The van der Waals surface area contributed by atoms with Crippen LogP contribution in [0.25, 0.3) is 0 Å². The molecule has 0 aliphatic carbocycles. The molecule has 1 aliphatic heterocycles. The van der Waals surface area contributed by atoms with Gasteiger partial charge >= 0.3 is 12.2 Å². The molecule has 1 unspecified atom stereocenters. The zero-order valence-corrected chi connectivity index (χ0v) is 13.8. The van der Waals surface area contributed by atoms with Crippen LogP contribution < -0.4 is 0 Å². The highest BCUT2D eigenvalue weighted by Gasteiger charge is 2.39. The minimum Gasteiger partial charge on any atom is -0.447 e. The number of imide groups is 1. The molecule has 0 N–H and O–H groups in total. The average Bonchev–Trinajstić information content (AvgIpc) is 2.73. The highest BCUT2D eigenvalue weighted by atomic mass is 16.6. The van der Waals surface area contributed by atoms with Gasteiger partial charge in [0.15, 0.2) is 0 Å². The molecule has 1 aliphatic rings. The van der Waals surface area contributed by atoms with Crippen molar-refractivity contribution in [2.24, 2.45) is 0 Å². The summed E-state index contributed by atoms with van der Waals surface area (Å²) in [6.07, 6.45) is 6.72. The van der Waals surface area contributed by atoms with Crippen LogP contribution in [0.15, 0.2) is 0 Å². The summed E-state index contributed by atoms with van der Waals surface area (Å²) in [6, 6.07) is -0.182. The lowest BCUT2D eigenvalue weighted by Gasteiger charge is -2.25. The van der Waals surface area contributed by atoms with Crippen molar-refractivity contribution in [2.45, 2.75) is 84.3 Å². The largest absolute Gasteiger partial charge is 0.447 e. The maximum atomic E-state index is 12.1. The molecule has 1 rings (SSSR count). The first-order chi connectivity index (χ1) is 9.85. The quantitative estimate of drug-likeness (QED) is 0.650. The fourth-order valence-electron chi connectivity index (χ4n) is 2.37. The molecule has 1 fully saturated rings. The lowest BCUT2D eigenvalue weighted by Crippen LogP contribution is -2.42. The van der Waals surface area contributed by atoms with Gasteiger partial charge in [-0.3, -0.25) is 0 Å². The van der Waals surface area contributed by atoms with Crippen LogP contribution in [0.3, 0.4) is 0 Å². The van der Waals surface area contributed by atoms with Crippen LogP contribution in [0.4, 0.5) is 9.59 Å². The number of cyclic esters (lactones) is 1. The summed E-state index contributed by atoms with van der Waals surface area (Å²) in [7, 11) is 0. The molecule has 5 nitrogen and oxygen atoms in total. The van der Waals surface area contributed by atoms with Crippen LogP contribution in [0.2, 0.25) is 0 Å². The SMILES string of the molecule is CCCCCCCCC1COC(=O)N1C(=O)OC(C)(C)C. The molecule has 1 atom stereocenters. The Morgan fingerprint density at radius 1 is 1.24 bits per heavy atom. The van der Waals surface area contributed by atoms with Crippen LogP contribution in [-0.2, 0) is 9.47 Å². The molecule has 5 heteroatoms. The Labute approximate surface area is 128 Å². The van der Waals surface area contributed by atoms with Gasteiger partial charge in [-0.1, -0.05) is 45.4 Å². The van der Waals surface area contributed by atoms with E-state index in [0.29, 0.717) is 0 Å². The summed E-state index contributed by atoms with van der Waals surface area (Å²) >= 11 is 0. The van der Waals surface area contributed by atoms with E-state index in [1.807, 2.05) is 0 Å². The minimum absolute atomic E-state index is 0.182. The molecule has 0 aromatic carbocycles. The summed E-state index contributed by atoms with van der Waals surface area (Å²) in [5, 5.41) is 0. The Kier molecular flexibility index (Phi) is 6.99. The second kappa shape index (κ2) is 8.25. The Bertz CT molecular complexity index is 349. The molecule has 0 aromatic heterocycles. The van der Waals surface area contributed by atoms with Gasteiger partial charge in [-0.15, -0.1) is 0 Å². The monoisotopic (exact) mass is 299 g/mol. The van der Waals surface area contributed by atoms with Crippen LogP contribution in [0.5, 0.6) is 0 Å². The molecule has 122 valence electrons. The third-order valence-electron chi connectivity index (χ3n) is 3.44. The predicted octanol–water partition coefficient (Wildman–Crippen LogP) is 4.49. The van der Waals surface area contributed by atoms with Crippen molar-refractivity contribution in [3.63, 3.8) is 0 Å². The smallest absolute Gasteiger partial charge is 0.420 e. The Morgan fingerprint density at radius 3 is 2.48 bits per heavy atom. The Hall–Kier alpha value is -1.26. The number of carbonyl (C=O) groups excluding carboxylic acids is 2. The van der Waals surface area contributed by atoms with E-state index in [0.717, 1.165) is 24.2 Å². The van der Waals surface area contributed by atoms with Gasteiger partial charge in [0.05, 0.1) is 6.04 Å². The van der Waals surface area contributed by atoms with Crippen molar-refractivity contribution >= 4 is 12.2 Å². The molecule has 0 radical (unpaired) electrons. The maximum Gasteiger partial charge on any atom is 0.420 e. The van der Waals surface area contributed by atoms with Crippen molar-refractivity contribution < 1.29 is 19.1 Å². The van der Waals surface area contributed by atoms with Crippen molar-refractivity contribution in [3.8, 4) is 0 Å². The molecule has 1 heterocycles. The second-order valence-electron chi connectivity index (χ2n) is 6.64. The van der Waals surface area contributed by atoms with Gasteiger partial charge in [-0.05, 0) is 27.2 Å². The number of rotatable bonds is 7. The van der Waals surface area contributed by atoms with E-state index >= 15 is 0 Å². The summed E-state index contributed by atoms with van der Waals surface area (Å²) in [4.78, 5) is 24.9. The Morgan fingerprint density at radius 2 is 1.86 bits per heavy atom. The molecule has 0 aromatic rings. The van der Waals surface area contributed by atoms with Gasteiger partial charge in [0.25, 0.3) is 0 Å². The van der Waals surface area contributed by atoms with Gasteiger partial charge in [0, 0.05) is 0 Å². The minimum atomic E-state index is -0.606. The van der Waals surface area contributed by atoms with E-state index in [2.05, 4.69) is 6.92 Å². The van der Waals surface area contributed by atoms with E-state index in [9.17, 15) is 9.59 Å². The van der Waals surface area contributed by atoms with Gasteiger partial charge in [-0.2, -0.15) is 0 Å². The fraction of sp³-hybridized carbons (Fsp3) is 0.875. The number of amides is 2. The van der Waals surface area contributed by atoms with Gasteiger partial charge in [0.1, 0.15) is 12.2 Å². The zero-order chi connectivity index (χ0) is 15.9. The van der Waals surface area contributed by atoms with Gasteiger partial charge < -0.3 is 9.47 Å². The maximum absolute atomic E-state index is 12.1. The Balaban J connectivity index is 2.38. The van der Waals surface area contributed by atoms with Crippen molar-refractivity contribution in [3.05, 3.63) is 0 Å². The number of hydrogen-bond acceptors (Lipinski definition) is 4. The highest BCUT2D eigenvalue weighted by Crippen LogP contribution is 2.22. The average molecular weight is 299 g/mol. The van der Waals surface area contributed by atoms with Crippen LogP contribution in [0, 0.1) is 0 Å². The lowest BCUT2D eigenvalue weighted by molar-refractivity contribution is 0.0286. The van der Waals surface area contributed by atoms with E-state index in [1.165, 1.54) is 25.7 Å². The normalized spacial score (nSPS) is 18.8. The molecule has 0 saturated carbocycles. The van der Waals surface area contributed by atoms with E-state index < -0.39 is 17.8 Å². The summed E-state index contributed by atoms with van der Waals surface area (Å²) < 4.78 is 10.3. The molecule has 1 saturated heterocycles. The van der Waals surface area contributed by atoms with Crippen molar-refractivity contribution in [2.75, 3.05) is 6.61 Å². The summed E-state index contributed by atoms with van der Waals surface area (Å²) in [5.41, 5.74) is -0.606. The molecule has 21 heavy (non-hydrogen) atoms. The van der Waals surface area contributed by atoms with E-state index in [1.54, 1.807) is 20.8 Å². The second-order valence-corrected chi connectivity index (χ2v) is 6.64. The van der Waals surface area contributed by atoms with Crippen molar-refractivity contribution in [1.29, 1.82) is 0 Å². The fourth-order valence-corrected chi connectivity index (χ4v) is 2.37. The zero-order valence-electron chi connectivity index (χ0n) is 13.8. The number of carbonyl (C=O) groups is 2. The number of ether oxygens (including phenoxy) is 2. The highest BCUT2D eigenvalue weighted by molar-refractivity contribution is 5.89. The van der Waals surface area contributed by atoms with Crippen LogP contribution in [-0.4, -0.2) is 35.3 Å². The predicted molar refractivity (Wildman–Crippen MR) is 81.2 cm³/mol. The molecule has 0 spiro atoms. The molecule has 0 bridgehead atoms. The van der Waals surface area contributed by atoms with Crippen LogP contribution >= 0.6 is 0 Å². The first-order valence-electron chi connectivity index (χ1n) is 8.04. The third-order valence-corrected chi connectivity index (χ3v) is 3.44. The van der Waals surface area contributed by atoms with Gasteiger partial charge in [0.2, 0.25) is 0 Å². The first-order valence-corrected chi connectivity index (χ1v) is 8.04. The summed E-state index contributed by atoms with van der Waals surface area (Å²) in [5.74, 6) is 0.